The van der Waals surface area contributed by atoms with Crippen molar-refractivity contribution in [1.29, 1.82) is 0 Å². The van der Waals surface area contributed by atoms with E-state index in [-0.39, 0.29) is 12.1 Å². The zero-order valence-electron chi connectivity index (χ0n) is 12.4. The maximum Gasteiger partial charge on any atom is 0.329 e. The quantitative estimate of drug-likeness (QED) is 0.659. The maximum absolute atomic E-state index is 12.0. The molecule has 0 radical (unpaired) electrons. The van der Waals surface area contributed by atoms with Crippen LogP contribution in [0.4, 0.5) is 4.79 Å². The van der Waals surface area contributed by atoms with Crippen molar-refractivity contribution in [2.45, 2.75) is 64.0 Å². The highest BCUT2D eigenvalue weighted by molar-refractivity contribution is 7.99. The molecule has 0 aliphatic heterocycles. The topological polar surface area (TPSA) is 78.4 Å². The largest absolute Gasteiger partial charge is 0.480 e. The molecule has 3 N–H and O–H groups in total. The van der Waals surface area contributed by atoms with Gasteiger partial charge in [-0.2, -0.15) is 11.8 Å². The van der Waals surface area contributed by atoms with Crippen LogP contribution in [0.2, 0.25) is 0 Å². The minimum atomic E-state index is -1.09. The number of thioether (sulfide) groups is 1. The second-order valence-electron chi connectivity index (χ2n) is 5.46. The Morgan fingerprint density at radius 3 is 2.35 bits per heavy atom. The van der Waals surface area contributed by atoms with E-state index in [0.717, 1.165) is 37.2 Å². The summed E-state index contributed by atoms with van der Waals surface area (Å²) in [5.74, 6) is 0.932. The molecule has 5 nitrogen and oxygen atoms in total. The molecule has 0 saturated heterocycles. The molecule has 1 fully saturated rings. The number of amides is 2. The van der Waals surface area contributed by atoms with Gasteiger partial charge in [-0.3, -0.25) is 0 Å². The Morgan fingerprint density at radius 1 is 1.25 bits per heavy atom. The van der Waals surface area contributed by atoms with Gasteiger partial charge in [0.15, 0.2) is 0 Å². The Morgan fingerprint density at radius 2 is 1.85 bits per heavy atom. The number of nitrogens with one attached hydrogen (secondary N) is 2. The van der Waals surface area contributed by atoms with Gasteiger partial charge in [-0.05, 0) is 25.5 Å². The fraction of sp³-hybridized carbons (Fsp3) is 0.857. The van der Waals surface area contributed by atoms with Crippen LogP contribution in [0.25, 0.3) is 0 Å². The molecule has 0 aromatic rings. The van der Waals surface area contributed by atoms with Crippen molar-refractivity contribution >= 4 is 23.8 Å². The monoisotopic (exact) mass is 302 g/mol. The van der Waals surface area contributed by atoms with Gasteiger partial charge < -0.3 is 15.7 Å². The summed E-state index contributed by atoms with van der Waals surface area (Å²) in [4.78, 5) is 23.6. The highest BCUT2D eigenvalue weighted by atomic mass is 32.2. The van der Waals surface area contributed by atoms with Gasteiger partial charge in [-0.1, -0.05) is 32.6 Å². The highest BCUT2D eigenvalue weighted by Crippen LogP contribution is 2.27. The summed E-state index contributed by atoms with van der Waals surface area (Å²) >= 11 is 1.75. The Kier molecular flexibility index (Phi) is 7.19. The van der Waals surface area contributed by atoms with Crippen molar-refractivity contribution in [3.05, 3.63) is 0 Å². The van der Waals surface area contributed by atoms with Crippen LogP contribution in [0.5, 0.6) is 0 Å². The third kappa shape index (κ3) is 5.23. The first-order valence-electron chi connectivity index (χ1n) is 7.40. The lowest BCUT2D eigenvalue weighted by atomic mass is 9.90. The molecule has 1 saturated carbocycles. The van der Waals surface area contributed by atoms with Gasteiger partial charge in [0.25, 0.3) is 0 Å². The first-order chi connectivity index (χ1) is 9.50. The lowest BCUT2D eigenvalue weighted by Gasteiger charge is -2.30. The standard InChI is InChI=1S/C14H26N2O3S/c1-3-20-10-11(2)15-13(19)16-14(12(17)18)8-6-4-5-7-9-14/h11H,3-10H2,1-2H3,(H,17,18)(H2,15,16,19). The fourth-order valence-corrected chi connectivity index (χ4v) is 3.21. The van der Waals surface area contributed by atoms with Gasteiger partial charge in [0.1, 0.15) is 5.54 Å². The number of carboxylic acids is 1. The molecule has 1 unspecified atom stereocenters. The van der Waals surface area contributed by atoms with Crippen molar-refractivity contribution in [3.8, 4) is 0 Å². The minimum Gasteiger partial charge on any atom is -0.480 e. The molecule has 0 spiro atoms. The SMILES string of the molecule is CCSCC(C)NC(=O)NC1(C(=O)O)CCCCCC1. The van der Waals surface area contributed by atoms with Gasteiger partial charge in [0.2, 0.25) is 0 Å². The van der Waals surface area contributed by atoms with E-state index in [4.69, 9.17) is 0 Å². The van der Waals surface area contributed by atoms with Crippen molar-refractivity contribution < 1.29 is 14.7 Å². The van der Waals surface area contributed by atoms with Crippen LogP contribution in [-0.4, -0.2) is 40.2 Å². The second-order valence-corrected chi connectivity index (χ2v) is 6.78. The summed E-state index contributed by atoms with van der Waals surface area (Å²) < 4.78 is 0. The second kappa shape index (κ2) is 8.39. The summed E-state index contributed by atoms with van der Waals surface area (Å²) in [5.41, 5.74) is -1.09. The van der Waals surface area contributed by atoms with E-state index in [9.17, 15) is 14.7 Å². The van der Waals surface area contributed by atoms with Crippen molar-refractivity contribution in [1.82, 2.24) is 10.6 Å². The van der Waals surface area contributed by atoms with E-state index >= 15 is 0 Å². The van der Waals surface area contributed by atoms with E-state index < -0.39 is 11.5 Å². The van der Waals surface area contributed by atoms with E-state index in [2.05, 4.69) is 17.6 Å². The Bertz CT molecular complexity index is 328. The number of hydrogen-bond acceptors (Lipinski definition) is 3. The van der Waals surface area contributed by atoms with Crippen LogP contribution < -0.4 is 10.6 Å². The molecule has 2 amide bonds. The van der Waals surface area contributed by atoms with E-state index in [0.29, 0.717) is 12.8 Å². The number of carbonyl (C=O) groups is 2. The van der Waals surface area contributed by atoms with Gasteiger partial charge in [-0.25, -0.2) is 9.59 Å². The predicted octanol–water partition coefficient (Wildman–Crippen LogP) is 2.60. The number of aliphatic carboxylic acids is 1. The Balaban J connectivity index is 2.56. The summed E-state index contributed by atoms with van der Waals surface area (Å²) in [5, 5.41) is 15.0. The maximum atomic E-state index is 12.0. The van der Waals surface area contributed by atoms with Crippen LogP contribution in [-0.2, 0) is 4.79 Å². The smallest absolute Gasteiger partial charge is 0.329 e. The van der Waals surface area contributed by atoms with E-state index in [1.807, 2.05) is 6.92 Å². The molecule has 1 aliphatic rings. The van der Waals surface area contributed by atoms with Crippen molar-refractivity contribution in [2.24, 2.45) is 0 Å². The average Bonchev–Trinajstić information content (AvgIpc) is 2.62. The molecular weight excluding hydrogens is 276 g/mol. The fourth-order valence-electron chi connectivity index (χ4n) is 2.54. The molecule has 0 aromatic heterocycles. The lowest BCUT2D eigenvalue weighted by molar-refractivity contribution is -0.145. The van der Waals surface area contributed by atoms with E-state index in [1.165, 1.54) is 0 Å². The van der Waals surface area contributed by atoms with Crippen LogP contribution in [0.1, 0.15) is 52.4 Å². The summed E-state index contributed by atoms with van der Waals surface area (Å²) in [7, 11) is 0. The summed E-state index contributed by atoms with van der Waals surface area (Å²) in [6.45, 7) is 4.01. The molecular formula is C14H26N2O3S. The molecule has 0 aromatic carbocycles. The summed E-state index contributed by atoms with van der Waals surface area (Å²) in [6, 6.07) is -0.324. The third-order valence-corrected chi connectivity index (χ3v) is 4.81. The van der Waals surface area contributed by atoms with Crippen LogP contribution in [0.3, 0.4) is 0 Å². The molecule has 1 atom stereocenters. The lowest BCUT2D eigenvalue weighted by Crippen LogP contribution is -2.58. The van der Waals surface area contributed by atoms with E-state index in [1.54, 1.807) is 11.8 Å². The molecule has 6 heteroatoms. The zero-order chi connectivity index (χ0) is 15.0. The normalized spacial score (nSPS) is 19.7. The van der Waals surface area contributed by atoms with Crippen molar-refractivity contribution in [3.63, 3.8) is 0 Å². The number of urea groups is 1. The molecule has 0 bridgehead atoms. The first-order valence-corrected chi connectivity index (χ1v) is 8.55. The van der Waals surface area contributed by atoms with Gasteiger partial charge in [0, 0.05) is 11.8 Å². The highest BCUT2D eigenvalue weighted by Gasteiger charge is 2.40. The van der Waals surface area contributed by atoms with Crippen molar-refractivity contribution in [2.75, 3.05) is 11.5 Å². The zero-order valence-corrected chi connectivity index (χ0v) is 13.2. The van der Waals surface area contributed by atoms with Gasteiger partial charge >= 0.3 is 12.0 Å². The number of carboxylic acid groups (broad SMARTS) is 1. The Labute approximate surface area is 125 Å². The minimum absolute atomic E-state index is 0.0385. The Hall–Kier alpha value is -0.910. The van der Waals surface area contributed by atoms with Crippen LogP contribution in [0, 0.1) is 0 Å². The number of rotatable bonds is 6. The number of hydrogen-bond donors (Lipinski definition) is 3. The third-order valence-electron chi connectivity index (χ3n) is 3.67. The molecule has 20 heavy (non-hydrogen) atoms. The van der Waals surface area contributed by atoms with Gasteiger partial charge in [-0.15, -0.1) is 0 Å². The molecule has 1 rings (SSSR count). The molecule has 1 aliphatic carbocycles. The first kappa shape index (κ1) is 17.1. The number of carbonyl (C=O) groups excluding carboxylic acids is 1. The predicted molar refractivity (Wildman–Crippen MR) is 82.2 cm³/mol. The van der Waals surface area contributed by atoms with Crippen LogP contribution >= 0.6 is 11.8 Å². The summed E-state index contributed by atoms with van der Waals surface area (Å²) in [6.07, 6.45) is 4.84. The van der Waals surface area contributed by atoms with Crippen LogP contribution in [0.15, 0.2) is 0 Å². The molecule has 116 valence electrons. The van der Waals surface area contributed by atoms with Gasteiger partial charge in [0.05, 0.1) is 0 Å². The average molecular weight is 302 g/mol. The molecule has 0 heterocycles.